The molecule has 0 saturated heterocycles. The van der Waals surface area contributed by atoms with Crippen molar-refractivity contribution in [1.29, 1.82) is 0 Å². The fraction of sp³-hybridized carbons (Fsp3) is 0.250. The summed E-state index contributed by atoms with van der Waals surface area (Å²) < 4.78 is 0. The summed E-state index contributed by atoms with van der Waals surface area (Å²) in [4.78, 5) is 2.18. The SMILES string of the molecule is Cc1ccc(N(C)c2cccc(N)c2)c(C)c1C. The minimum Gasteiger partial charge on any atom is -0.399 e. The average molecular weight is 240 g/mol. The van der Waals surface area contributed by atoms with Gasteiger partial charge in [-0.15, -0.1) is 0 Å². The molecule has 2 heteroatoms. The summed E-state index contributed by atoms with van der Waals surface area (Å²) in [6.45, 7) is 6.48. The number of anilines is 3. The number of nitrogen functional groups attached to an aromatic ring is 1. The number of nitrogens with zero attached hydrogens (tertiary/aromatic N) is 1. The first-order chi connectivity index (χ1) is 8.50. The maximum atomic E-state index is 5.84. The van der Waals surface area contributed by atoms with Crippen LogP contribution >= 0.6 is 0 Å². The predicted molar refractivity (Wildman–Crippen MR) is 79.6 cm³/mol. The van der Waals surface area contributed by atoms with Crippen LogP contribution in [0.3, 0.4) is 0 Å². The zero-order valence-electron chi connectivity index (χ0n) is 11.5. The number of benzene rings is 2. The van der Waals surface area contributed by atoms with E-state index >= 15 is 0 Å². The van der Waals surface area contributed by atoms with Crippen molar-refractivity contribution >= 4 is 17.1 Å². The second-order valence-corrected chi connectivity index (χ2v) is 4.81. The van der Waals surface area contributed by atoms with E-state index in [1.54, 1.807) is 0 Å². The summed E-state index contributed by atoms with van der Waals surface area (Å²) in [6.07, 6.45) is 0. The molecule has 0 aliphatic rings. The lowest BCUT2D eigenvalue weighted by Crippen LogP contribution is -2.12. The highest BCUT2D eigenvalue weighted by atomic mass is 15.1. The number of aryl methyl sites for hydroxylation is 1. The smallest absolute Gasteiger partial charge is 0.0440 e. The third kappa shape index (κ3) is 2.19. The number of nitrogens with two attached hydrogens (primary N) is 1. The summed E-state index contributed by atoms with van der Waals surface area (Å²) in [5, 5.41) is 0. The summed E-state index contributed by atoms with van der Waals surface area (Å²) in [7, 11) is 2.08. The molecule has 0 unspecified atom stereocenters. The fourth-order valence-corrected chi connectivity index (χ4v) is 2.18. The first kappa shape index (κ1) is 12.5. The van der Waals surface area contributed by atoms with Gasteiger partial charge in [0.2, 0.25) is 0 Å². The first-order valence-electron chi connectivity index (χ1n) is 6.17. The van der Waals surface area contributed by atoms with Gasteiger partial charge in [0.25, 0.3) is 0 Å². The minimum absolute atomic E-state index is 0.792. The van der Waals surface area contributed by atoms with E-state index in [1.807, 2.05) is 18.2 Å². The standard InChI is InChI=1S/C16H20N2/c1-11-8-9-16(13(3)12(11)2)18(4)15-7-5-6-14(17)10-15/h5-10H,17H2,1-4H3. The van der Waals surface area contributed by atoms with E-state index in [0.29, 0.717) is 0 Å². The van der Waals surface area contributed by atoms with Gasteiger partial charge in [-0.1, -0.05) is 12.1 Å². The lowest BCUT2D eigenvalue weighted by atomic mass is 10.0. The van der Waals surface area contributed by atoms with E-state index in [9.17, 15) is 0 Å². The molecule has 0 aliphatic carbocycles. The molecule has 18 heavy (non-hydrogen) atoms. The monoisotopic (exact) mass is 240 g/mol. The Hall–Kier alpha value is -1.96. The molecule has 0 aliphatic heterocycles. The van der Waals surface area contributed by atoms with Crippen molar-refractivity contribution in [3.63, 3.8) is 0 Å². The van der Waals surface area contributed by atoms with Crippen LogP contribution in [0.4, 0.5) is 17.1 Å². The predicted octanol–water partition coefficient (Wildman–Crippen LogP) is 3.96. The molecule has 0 heterocycles. The number of rotatable bonds is 2. The largest absolute Gasteiger partial charge is 0.399 e. The van der Waals surface area contributed by atoms with E-state index < -0.39 is 0 Å². The van der Waals surface area contributed by atoms with Crippen LogP contribution in [0.5, 0.6) is 0 Å². The van der Waals surface area contributed by atoms with Crippen molar-refractivity contribution in [2.45, 2.75) is 20.8 Å². The topological polar surface area (TPSA) is 29.3 Å². The van der Waals surface area contributed by atoms with Gasteiger partial charge in [-0.2, -0.15) is 0 Å². The minimum atomic E-state index is 0.792. The lowest BCUT2D eigenvalue weighted by molar-refractivity contribution is 1.15. The second kappa shape index (κ2) is 4.73. The van der Waals surface area contributed by atoms with Crippen LogP contribution in [0, 0.1) is 20.8 Å². The Labute approximate surface area is 109 Å². The molecule has 0 aromatic heterocycles. The van der Waals surface area contributed by atoms with Crippen LogP contribution in [0.15, 0.2) is 36.4 Å². The molecule has 94 valence electrons. The van der Waals surface area contributed by atoms with Crippen LogP contribution in [0.2, 0.25) is 0 Å². The summed E-state index contributed by atoms with van der Waals surface area (Å²) >= 11 is 0. The number of hydrogen-bond acceptors (Lipinski definition) is 2. The van der Waals surface area contributed by atoms with Crippen LogP contribution in [0.1, 0.15) is 16.7 Å². The van der Waals surface area contributed by atoms with Gasteiger partial charge < -0.3 is 10.6 Å². The van der Waals surface area contributed by atoms with Crippen LogP contribution in [0.25, 0.3) is 0 Å². The first-order valence-corrected chi connectivity index (χ1v) is 6.17. The Bertz CT molecular complexity index is 573. The Morgan fingerprint density at radius 3 is 2.33 bits per heavy atom. The molecule has 2 aromatic carbocycles. The van der Waals surface area contributed by atoms with Crippen LogP contribution < -0.4 is 10.6 Å². The quantitative estimate of drug-likeness (QED) is 0.805. The van der Waals surface area contributed by atoms with Crippen molar-refractivity contribution < 1.29 is 0 Å². The highest BCUT2D eigenvalue weighted by Crippen LogP contribution is 2.30. The Morgan fingerprint density at radius 1 is 0.944 bits per heavy atom. The molecule has 0 bridgehead atoms. The second-order valence-electron chi connectivity index (χ2n) is 4.81. The van der Waals surface area contributed by atoms with Gasteiger partial charge in [-0.25, -0.2) is 0 Å². The van der Waals surface area contributed by atoms with E-state index in [-0.39, 0.29) is 0 Å². The van der Waals surface area contributed by atoms with Gasteiger partial charge in [0, 0.05) is 24.1 Å². The van der Waals surface area contributed by atoms with Gasteiger partial charge in [0.05, 0.1) is 0 Å². The zero-order chi connectivity index (χ0) is 13.3. The average Bonchev–Trinajstić information content (AvgIpc) is 2.35. The molecule has 0 atom stereocenters. The van der Waals surface area contributed by atoms with Gasteiger partial charge >= 0.3 is 0 Å². The molecule has 2 aromatic rings. The van der Waals surface area contributed by atoms with Crippen LogP contribution in [-0.4, -0.2) is 7.05 Å². The van der Waals surface area contributed by atoms with Crippen molar-refractivity contribution in [2.24, 2.45) is 0 Å². The van der Waals surface area contributed by atoms with Gasteiger partial charge in [-0.3, -0.25) is 0 Å². The van der Waals surface area contributed by atoms with Gasteiger partial charge in [0.1, 0.15) is 0 Å². The Kier molecular flexibility index (Phi) is 3.28. The highest BCUT2D eigenvalue weighted by Gasteiger charge is 2.09. The van der Waals surface area contributed by atoms with Crippen molar-refractivity contribution in [3.05, 3.63) is 53.1 Å². The Morgan fingerprint density at radius 2 is 1.67 bits per heavy atom. The molecule has 0 amide bonds. The van der Waals surface area contributed by atoms with E-state index in [0.717, 1.165) is 11.4 Å². The molecule has 2 N–H and O–H groups in total. The molecule has 2 nitrogen and oxygen atoms in total. The normalized spacial score (nSPS) is 10.4. The highest BCUT2D eigenvalue weighted by molar-refractivity contribution is 5.69. The molecule has 2 rings (SSSR count). The van der Waals surface area contributed by atoms with E-state index in [4.69, 9.17) is 5.73 Å². The van der Waals surface area contributed by atoms with E-state index in [1.165, 1.54) is 22.4 Å². The molecule has 0 spiro atoms. The van der Waals surface area contributed by atoms with Crippen molar-refractivity contribution in [2.75, 3.05) is 17.7 Å². The summed E-state index contributed by atoms with van der Waals surface area (Å²) in [5.74, 6) is 0. The fourth-order valence-electron chi connectivity index (χ4n) is 2.18. The Balaban J connectivity index is 2.46. The summed E-state index contributed by atoms with van der Waals surface area (Å²) in [5.41, 5.74) is 13.0. The maximum Gasteiger partial charge on any atom is 0.0440 e. The molecule has 0 fully saturated rings. The van der Waals surface area contributed by atoms with E-state index in [2.05, 4.69) is 50.9 Å². The zero-order valence-corrected chi connectivity index (χ0v) is 11.5. The van der Waals surface area contributed by atoms with Gasteiger partial charge in [-0.05, 0) is 61.7 Å². The molecular weight excluding hydrogens is 220 g/mol. The van der Waals surface area contributed by atoms with Crippen molar-refractivity contribution in [3.8, 4) is 0 Å². The molecular formula is C16H20N2. The lowest BCUT2D eigenvalue weighted by Gasteiger charge is -2.23. The van der Waals surface area contributed by atoms with Gasteiger partial charge in [0.15, 0.2) is 0 Å². The third-order valence-electron chi connectivity index (χ3n) is 3.65. The molecule has 0 saturated carbocycles. The number of hydrogen-bond donors (Lipinski definition) is 1. The van der Waals surface area contributed by atoms with Crippen LogP contribution in [-0.2, 0) is 0 Å². The molecule has 0 radical (unpaired) electrons. The summed E-state index contributed by atoms with van der Waals surface area (Å²) in [6, 6.07) is 12.3. The van der Waals surface area contributed by atoms with Crippen molar-refractivity contribution in [1.82, 2.24) is 0 Å². The maximum absolute atomic E-state index is 5.84. The third-order valence-corrected chi connectivity index (χ3v) is 3.65.